The highest BCUT2D eigenvalue weighted by atomic mass is 79.9. The first-order valence-electron chi connectivity index (χ1n) is 5.31. The molecule has 0 saturated carbocycles. The van der Waals surface area contributed by atoms with Crippen LogP contribution in [0.5, 0.6) is 11.5 Å². The average Bonchev–Trinajstić information content (AvgIpc) is 2.29. The first kappa shape index (κ1) is 14.9. The quantitative estimate of drug-likeness (QED) is 0.749. The summed E-state index contributed by atoms with van der Waals surface area (Å²) >= 11 is 3.15. The van der Waals surface area contributed by atoms with Crippen molar-refractivity contribution in [2.45, 2.75) is 25.3 Å². The molecule has 3 nitrogen and oxygen atoms in total. The van der Waals surface area contributed by atoms with E-state index in [1.807, 2.05) is 0 Å². The van der Waals surface area contributed by atoms with Crippen molar-refractivity contribution in [2.75, 3.05) is 6.61 Å². The van der Waals surface area contributed by atoms with Crippen LogP contribution in [0.15, 0.2) is 18.2 Å². The first-order valence-corrected chi connectivity index (χ1v) is 6.23. The van der Waals surface area contributed by atoms with Crippen molar-refractivity contribution in [3.05, 3.63) is 23.8 Å². The van der Waals surface area contributed by atoms with E-state index in [2.05, 4.69) is 20.7 Å². The van der Waals surface area contributed by atoms with Crippen LogP contribution >= 0.6 is 15.9 Å². The second kappa shape index (κ2) is 6.68. The molecule has 1 atom stereocenters. The van der Waals surface area contributed by atoms with E-state index in [4.69, 9.17) is 4.74 Å². The lowest BCUT2D eigenvalue weighted by Crippen LogP contribution is -2.09. The van der Waals surface area contributed by atoms with E-state index >= 15 is 0 Å². The van der Waals surface area contributed by atoms with Gasteiger partial charge in [0.2, 0.25) is 0 Å². The molecule has 0 aliphatic heterocycles. The lowest BCUT2D eigenvalue weighted by atomic mass is 10.1. The number of carbonyl (C=O) groups is 1. The smallest absolute Gasteiger partial charge is 0.387 e. The molecule has 1 aromatic carbocycles. The van der Waals surface area contributed by atoms with Crippen molar-refractivity contribution in [1.82, 2.24) is 0 Å². The third-order valence-corrected chi connectivity index (χ3v) is 3.28. The molecule has 100 valence electrons. The third-order valence-electron chi connectivity index (χ3n) is 2.14. The molecule has 1 unspecified atom stereocenters. The van der Waals surface area contributed by atoms with E-state index in [0.29, 0.717) is 17.9 Å². The van der Waals surface area contributed by atoms with Gasteiger partial charge in [0.05, 0.1) is 6.61 Å². The topological polar surface area (TPSA) is 35.5 Å². The SMILES string of the molecule is CCOc1ccc(OC(F)F)c(C(Br)C(C)=O)c1. The molecule has 0 fully saturated rings. The van der Waals surface area contributed by atoms with E-state index in [-0.39, 0.29) is 11.5 Å². The molecule has 0 bridgehead atoms. The molecule has 0 aromatic heterocycles. The summed E-state index contributed by atoms with van der Waals surface area (Å²) in [4.78, 5) is 10.6. The molecule has 6 heteroatoms. The van der Waals surface area contributed by atoms with Crippen molar-refractivity contribution in [2.24, 2.45) is 0 Å². The molecule has 0 saturated heterocycles. The van der Waals surface area contributed by atoms with Gasteiger partial charge in [-0.3, -0.25) is 4.79 Å². The monoisotopic (exact) mass is 322 g/mol. The highest BCUT2D eigenvalue weighted by Gasteiger charge is 2.20. The van der Waals surface area contributed by atoms with E-state index in [9.17, 15) is 13.6 Å². The number of hydrogen-bond donors (Lipinski definition) is 0. The lowest BCUT2D eigenvalue weighted by Gasteiger charge is -2.15. The largest absolute Gasteiger partial charge is 0.494 e. The van der Waals surface area contributed by atoms with Gasteiger partial charge in [-0.25, -0.2) is 0 Å². The molecule has 0 amide bonds. The molecule has 1 aromatic rings. The highest BCUT2D eigenvalue weighted by Crippen LogP contribution is 2.35. The fraction of sp³-hybridized carbons (Fsp3) is 0.417. The van der Waals surface area contributed by atoms with Crippen LogP contribution < -0.4 is 9.47 Å². The summed E-state index contributed by atoms with van der Waals surface area (Å²) in [5.74, 6) is 0.258. The number of ether oxygens (including phenoxy) is 2. The van der Waals surface area contributed by atoms with Crippen LogP contribution in [0, 0.1) is 0 Å². The van der Waals surface area contributed by atoms with E-state index in [0.717, 1.165) is 0 Å². The molecule has 0 radical (unpaired) electrons. The van der Waals surface area contributed by atoms with E-state index < -0.39 is 11.4 Å². The third kappa shape index (κ3) is 3.94. The Labute approximate surface area is 112 Å². The van der Waals surface area contributed by atoms with Crippen molar-refractivity contribution in [1.29, 1.82) is 0 Å². The number of alkyl halides is 3. The zero-order valence-electron chi connectivity index (χ0n) is 9.95. The van der Waals surface area contributed by atoms with Crippen molar-refractivity contribution < 1.29 is 23.0 Å². The predicted octanol–water partition coefficient (Wildman–Crippen LogP) is 3.71. The number of rotatable bonds is 6. The minimum Gasteiger partial charge on any atom is -0.494 e. The zero-order chi connectivity index (χ0) is 13.7. The van der Waals surface area contributed by atoms with Gasteiger partial charge in [-0.05, 0) is 32.0 Å². The van der Waals surface area contributed by atoms with E-state index in [1.165, 1.54) is 25.1 Å². The number of Topliss-reactive ketones (excluding diaryl/α,β-unsaturated/α-hetero) is 1. The standard InChI is InChI=1S/C12H13BrF2O3/c1-3-17-8-4-5-10(18-12(14)15)9(6-8)11(13)7(2)16/h4-6,11-12H,3H2,1-2H3. The molecule has 1 rings (SSSR count). The fourth-order valence-electron chi connectivity index (χ4n) is 1.40. The molecule has 0 spiro atoms. The summed E-state index contributed by atoms with van der Waals surface area (Å²) in [6.45, 7) is 0.675. The van der Waals surface area contributed by atoms with Crippen molar-refractivity contribution >= 4 is 21.7 Å². The molecular formula is C12H13BrF2O3. The van der Waals surface area contributed by atoms with Gasteiger partial charge in [0.1, 0.15) is 22.1 Å². The van der Waals surface area contributed by atoms with Gasteiger partial charge in [-0.2, -0.15) is 8.78 Å². The van der Waals surface area contributed by atoms with E-state index in [1.54, 1.807) is 6.92 Å². The fourth-order valence-corrected chi connectivity index (χ4v) is 1.76. The maximum Gasteiger partial charge on any atom is 0.387 e. The summed E-state index contributed by atoms with van der Waals surface area (Å²) in [5, 5.41) is 0. The lowest BCUT2D eigenvalue weighted by molar-refractivity contribution is -0.116. The highest BCUT2D eigenvalue weighted by molar-refractivity contribution is 9.09. The van der Waals surface area contributed by atoms with Gasteiger partial charge >= 0.3 is 6.61 Å². The number of halogens is 3. The van der Waals surface area contributed by atoms with Crippen LogP contribution in [0.2, 0.25) is 0 Å². The predicted molar refractivity (Wildman–Crippen MR) is 66.6 cm³/mol. The Morgan fingerprint density at radius 1 is 1.44 bits per heavy atom. The van der Waals surface area contributed by atoms with Gasteiger partial charge in [0.25, 0.3) is 0 Å². The van der Waals surface area contributed by atoms with Crippen LogP contribution in [0.3, 0.4) is 0 Å². The summed E-state index contributed by atoms with van der Waals surface area (Å²) in [6.07, 6.45) is 0. The molecule has 0 aliphatic rings. The molecular weight excluding hydrogens is 310 g/mol. The average molecular weight is 323 g/mol. The van der Waals surface area contributed by atoms with Gasteiger partial charge in [-0.1, -0.05) is 15.9 Å². The first-order chi connectivity index (χ1) is 8.45. The Kier molecular flexibility index (Phi) is 5.53. The minimum atomic E-state index is -2.94. The second-order valence-corrected chi connectivity index (χ2v) is 4.40. The molecule has 0 aliphatic carbocycles. The zero-order valence-corrected chi connectivity index (χ0v) is 11.5. The van der Waals surface area contributed by atoms with Crippen LogP contribution in [-0.2, 0) is 4.79 Å². The van der Waals surface area contributed by atoms with Crippen molar-refractivity contribution in [3.8, 4) is 11.5 Å². The van der Waals surface area contributed by atoms with Crippen LogP contribution in [0.4, 0.5) is 8.78 Å². The van der Waals surface area contributed by atoms with Gasteiger partial charge in [0, 0.05) is 5.56 Å². The number of ketones is 1. The van der Waals surface area contributed by atoms with Gasteiger partial charge < -0.3 is 9.47 Å². The Hall–Kier alpha value is -1.17. The van der Waals surface area contributed by atoms with Crippen LogP contribution in [0.1, 0.15) is 24.2 Å². The summed E-state index contributed by atoms with van der Waals surface area (Å²) in [6, 6.07) is 4.40. The van der Waals surface area contributed by atoms with Crippen LogP contribution in [-0.4, -0.2) is 19.0 Å². The number of hydrogen-bond acceptors (Lipinski definition) is 3. The molecule has 0 heterocycles. The number of benzene rings is 1. The summed E-state index contributed by atoms with van der Waals surface area (Å²) in [5.41, 5.74) is 0.328. The second-order valence-electron chi connectivity index (χ2n) is 3.48. The van der Waals surface area contributed by atoms with Crippen LogP contribution in [0.25, 0.3) is 0 Å². The van der Waals surface area contributed by atoms with Gasteiger partial charge in [0.15, 0.2) is 0 Å². The van der Waals surface area contributed by atoms with Gasteiger partial charge in [-0.15, -0.1) is 0 Å². The Bertz CT molecular complexity index is 424. The summed E-state index contributed by atoms with van der Waals surface area (Å²) in [7, 11) is 0. The molecule has 0 N–H and O–H groups in total. The Balaban J connectivity index is 3.12. The van der Waals surface area contributed by atoms with Crippen molar-refractivity contribution in [3.63, 3.8) is 0 Å². The summed E-state index contributed by atoms with van der Waals surface area (Å²) < 4.78 is 34.2. The molecule has 18 heavy (non-hydrogen) atoms. The normalized spacial score (nSPS) is 12.3. The Morgan fingerprint density at radius 2 is 2.11 bits per heavy atom. The maximum absolute atomic E-state index is 12.3. The number of carbonyl (C=O) groups excluding carboxylic acids is 1. The maximum atomic E-state index is 12.3. The minimum absolute atomic E-state index is 0.0365. The Morgan fingerprint density at radius 3 is 2.61 bits per heavy atom.